The van der Waals surface area contributed by atoms with Crippen LogP contribution in [0.1, 0.15) is 0 Å². The van der Waals surface area contributed by atoms with E-state index >= 15 is 0 Å². The molecule has 1 N–H and O–H groups in total. The number of nitrogens with zero attached hydrogens (tertiary/aromatic N) is 1. The van der Waals surface area contributed by atoms with Gasteiger partial charge < -0.3 is 14.7 Å². The van der Waals surface area contributed by atoms with Crippen LogP contribution in [0.5, 0.6) is 5.75 Å². The van der Waals surface area contributed by atoms with Crippen LogP contribution >= 0.6 is 15.9 Å². The summed E-state index contributed by atoms with van der Waals surface area (Å²) in [5.41, 5.74) is 1.05. The molecule has 0 atom stereocenters. The molecule has 0 aliphatic rings. The summed E-state index contributed by atoms with van der Waals surface area (Å²) in [7, 11) is 3.57. The van der Waals surface area contributed by atoms with Crippen LogP contribution in [0.4, 0.5) is 5.69 Å². The van der Waals surface area contributed by atoms with Gasteiger partial charge in [-0.15, -0.1) is 0 Å². The van der Waals surface area contributed by atoms with Gasteiger partial charge in [0.2, 0.25) is 0 Å². The van der Waals surface area contributed by atoms with Crippen molar-refractivity contribution in [3.05, 3.63) is 22.7 Å². The van der Waals surface area contributed by atoms with E-state index in [1.807, 2.05) is 30.1 Å². The van der Waals surface area contributed by atoms with E-state index in [0.29, 0.717) is 6.54 Å². The molecule has 0 spiro atoms. The van der Waals surface area contributed by atoms with E-state index in [1.165, 1.54) is 0 Å². The molecule has 0 amide bonds. The Hall–Kier alpha value is -0.740. The molecule has 0 aliphatic carbocycles. The van der Waals surface area contributed by atoms with Gasteiger partial charge in [-0.05, 0) is 34.1 Å². The van der Waals surface area contributed by atoms with E-state index in [9.17, 15) is 0 Å². The van der Waals surface area contributed by atoms with Crippen molar-refractivity contribution in [3.63, 3.8) is 0 Å². The minimum Gasteiger partial charge on any atom is -0.496 e. The Bertz CT molecular complexity index is 304. The van der Waals surface area contributed by atoms with Crippen molar-refractivity contribution >= 4 is 21.6 Å². The lowest BCUT2D eigenvalue weighted by atomic mass is 10.3. The van der Waals surface area contributed by atoms with Gasteiger partial charge in [0.25, 0.3) is 0 Å². The fraction of sp³-hybridized carbons (Fsp3) is 0.400. The quantitative estimate of drug-likeness (QED) is 0.897. The molecule has 0 saturated heterocycles. The SMILES string of the molecule is COc1ccc(N(C)CCO)cc1Br. The van der Waals surface area contributed by atoms with Gasteiger partial charge in [-0.3, -0.25) is 0 Å². The van der Waals surface area contributed by atoms with Gasteiger partial charge in [-0.1, -0.05) is 0 Å². The lowest BCUT2D eigenvalue weighted by Crippen LogP contribution is -2.20. The number of rotatable bonds is 4. The van der Waals surface area contributed by atoms with E-state index in [1.54, 1.807) is 7.11 Å². The largest absolute Gasteiger partial charge is 0.496 e. The third-order valence-electron chi connectivity index (χ3n) is 2.01. The molecule has 0 unspecified atom stereocenters. The molecule has 1 aromatic carbocycles. The van der Waals surface area contributed by atoms with Gasteiger partial charge in [0.15, 0.2) is 0 Å². The minimum absolute atomic E-state index is 0.153. The zero-order chi connectivity index (χ0) is 10.6. The smallest absolute Gasteiger partial charge is 0.133 e. The number of halogens is 1. The molecule has 0 saturated carbocycles. The van der Waals surface area contributed by atoms with Crippen molar-refractivity contribution in [1.29, 1.82) is 0 Å². The molecule has 0 heterocycles. The number of aliphatic hydroxyl groups is 1. The first-order valence-corrected chi connectivity index (χ1v) is 5.14. The molecule has 0 radical (unpaired) electrons. The van der Waals surface area contributed by atoms with Crippen molar-refractivity contribution in [2.24, 2.45) is 0 Å². The normalized spacial score (nSPS) is 10.0. The van der Waals surface area contributed by atoms with Gasteiger partial charge in [0.1, 0.15) is 5.75 Å². The van der Waals surface area contributed by atoms with Crippen LogP contribution in [0.15, 0.2) is 22.7 Å². The molecule has 14 heavy (non-hydrogen) atoms. The summed E-state index contributed by atoms with van der Waals surface area (Å²) in [6.07, 6.45) is 0. The van der Waals surface area contributed by atoms with E-state index in [-0.39, 0.29) is 6.61 Å². The van der Waals surface area contributed by atoms with Crippen molar-refractivity contribution in [3.8, 4) is 5.75 Å². The Morgan fingerprint density at radius 1 is 1.50 bits per heavy atom. The zero-order valence-corrected chi connectivity index (χ0v) is 9.91. The topological polar surface area (TPSA) is 32.7 Å². The fourth-order valence-electron chi connectivity index (χ4n) is 1.17. The Morgan fingerprint density at radius 3 is 2.71 bits per heavy atom. The van der Waals surface area contributed by atoms with Crippen molar-refractivity contribution in [2.75, 3.05) is 32.2 Å². The van der Waals surface area contributed by atoms with E-state index in [2.05, 4.69) is 15.9 Å². The number of hydrogen-bond donors (Lipinski definition) is 1. The van der Waals surface area contributed by atoms with Crippen LogP contribution in [0, 0.1) is 0 Å². The highest BCUT2D eigenvalue weighted by molar-refractivity contribution is 9.10. The van der Waals surface area contributed by atoms with Crippen LogP contribution in [0.25, 0.3) is 0 Å². The summed E-state index contributed by atoms with van der Waals surface area (Å²) in [4.78, 5) is 1.98. The second kappa shape index (κ2) is 5.22. The third-order valence-corrected chi connectivity index (χ3v) is 2.63. The predicted molar refractivity (Wildman–Crippen MR) is 61.0 cm³/mol. The third kappa shape index (κ3) is 2.62. The maximum Gasteiger partial charge on any atom is 0.133 e. The maximum absolute atomic E-state index is 8.79. The zero-order valence-electron chi connectivity index (χ0n) is 8.33. The summed E-state index contributed by atoms with van der Waals surface area (Å²) in [6.45, 7) is 0.777. The summed E-state index contributed by atoms with van der Waals surface area (Å²) < 4.78 is 6.04. The van der Waals surface area contributed by atoms with Crippen LogP contribution < -0.4 is 9.64 Å². The predicted octanol–water partition coefficient (Wildman–Crippen LogP) is 1.89. The van der Waals surface area contributed by atoms with E-state index in [4.69, 9.17) is 9.84 Å². The maximum atomic E-state index is 8.79. The van der Waals surface area contributed by atoms with Gasteiger partial charge >= 0.3 is 0 Å². The molecule has 3 nitrogen and oxygen atoms in total. The standard InChI is InChI=1S/C10H14BrNO2/c1-12(5-6-13)8-3-4-10(14-2)9(11)7-8/h3-4,7,13H,5-6H2,1-2H3. The second-order valence-electron chi connectivity index (χ2n) is 2.96. The number of methoxy groups -OCH3 is 1. The number of likely N-dealkylation sites (N-methyl/N-ethyl adjacent to an activating group) is 1. The molecule has 1 aromatic rings. The highest BCUT2D eigenvalue weighted by Crippen LogP contribution is 2.28. The molecule has 0 bridgehead atoms. The van der Waals surface area contributed by atoms with Gasteiger partial charge in [-0.25, -0.2) is 0 Å². The molecule has 1 rings (SSSR count). The molecule has 4 heteroatoms. The van der Waals surface area contributed by atoms with Gasteiger partial charge in [0, 0.05) is 19.3 Å². The Balaban J connectivity index is 2.85. The second-order valence-corrected chi connectivity index (χ2v) is 3.82. The molecular weight excluding hydrogens is 246 g/mol. The number of benzene rings is 1. The molecule has 0 aliphatic heterocycles. The summed E-state index contributed by atoms with van der Waals surface area (Å²) in [5.74, 6) is 0.811. The first kappa shape index (κ1) is 11.3. The number of anilines is 1. The lowest BCUT2D eigenvalue weighted by Gasteiger charge is -2.18. The Kier molecular flexibility index (Phi) is 4.22. The average molecular weight is 260 g/mol. The minimum atomic E-state index is 0.153. The molecule has 0 fully saturated rings. The van der Waals surface area contributed by atoms with Crippen LogP contribution in [-0.2, 0) is 0 Å². The Labute approximate surface area is 92.4 Å². The van der Waals surface area contributed by atoms with Crippen molar-refractivity contribution in [1.82, 2.24) is 0 Å². The highest BCUT2D eigenvalue weighted by Gasteiger charge is 2.04. The van der Waals surface area contributed by atoms with E-state index < -0.39 is 0 Å². The number of hydrogen-bond acceptors (Lipinski definition) is 3. The van der Waals surface area contributed by atoms with Crippen molar-refractivity contribution < 1.29 is 9.84 Å². The summed E-state index contributed by atoms with van der Waals surface area (Å²) in [5, 5.41) is 8.79. The molecular formula is C10H14BrNO2. The van der Waals surface area contributed by atoms with Crippen molar-refractivity contribution in [2.45, 2.75) is 0 Å². The number of aliphatic hydroxyl groups excluding tert-OH is 1. The first-order valence-electron chi connectivity index (χ1n) is 4.34. The van der Waals surface area contributed by atoms with Crippen LogP contribution in [0.3, 0.4) is 0 Å². The fourth-order valence-corrected chi connectivity index (χ4v) is 1.70. The van der Waals surface area contributed by atoms with E-state index in [0.717, 1.165) is 15.9 Å². The molecule has 78 valence electrons. The van der Waals surface area contributed by atoms with Crippen LogP contribution in [-0.4, -0.2) is 32.4 Å². The van der Waals surface area contributed by atoms with Gasteiger partial charge in [0.05, 0.1) is 18.2 Å². The average Bonchev–Trinajstić information content (AvgIpc) is 2.18. The highest BCUT2D eigenvalue weighted by atomic mass is 79.9. The lowest BCUT2D eigenvalue weighted by molar-refractivity contribution is 0.304. The van der Waals surface area contributed by atoms with Gasteiger partial charge in [-0.2, -0.15) is 0 Å². The first-order chi connectivity index (χ1) is 6.69. The Morgan fingerprint density at radius 2 is 2.21 bits per heavy atom. The van der Waals surface area contributed by atoms with Crippen LogP contribution in [0.2, 0.25) is 0 Å². The number of ether oxygens (including phenoxy) is 1. The summed E-state index contributed by atoms with van der Waals surface area (Å²) >= 11 is 3.41. The molecule has 0 aromatic heterocycles. The summed E-state index contributed by atoms with van der Waals surface area (Å²) in [6, 6.07) is 5.82. The monoisotopic (exact) mass is 259 g/mol.